The third-order valence-corrected chi connectivity index (χ3v) is 4.29. The van der Waals surface area contributed by atoms with Crippen LogP contribution in [0.4, 0.5) is 0 Å². The number of aromatic nitrogens is 2. The molecule has 0 amide bonds. The quantitative estimate of drug-likeness (QED) is 0.855. The Kier molecular flexibility index (Phi) is 4.60. The van der Waals surface area contributed by atoms with E-state index in [2.05, 4.69) is 49.0 Å². The van der Waals surface area contributed by atoms with Crippen molar-refractivity contribution in [1.82, 2.24) is 19.6 Å². The average molecular weight is 265 g/mol. The number of hydrogen-bond donors (Lipinski definition) is 1. The summed E-state index contributed by atoms with van der Waals surface area (Å²) in [4.78, 5) is 4.83. The molecule has 2 heterocycles. The molecule has 1 aliphatic heterocycles. The first-order chi connectivity index (χ1) is 9.06. The van der Waals surface area contributed by atoms with Gasteiger partial charge in [-0.15, -0.1) is 0 Å². The van der Waals surface area contributed by atoms with Crippen LogP contribution in [0.25, 0.3) is 0 Å². The lowest BCUT2D eigenvalue weighted by atomic mass is 10.1. The minimum atomic E-state index is 0.299. The van der Waals surface area contributed by atoms with Crippen LogP contribution in [0.2, 0.25) is 0 Å². The van der Waals surface area contributed by atoms with Crippen LogP contribution in [0.15, 0.2) is 12.4 Å². The number of likely N-dealkylation sites (N-methyl/N-ethyl adjacent to an activating group) is 1. The Morgan fingerprint density at radius 3 is 2.68 bits per heavy atom. The maximum Gasteiger partial charge on any atom is 0.0538 e. The van der Waals surface area contributed by atoms with Crippen molar-refractivity contribution in [2.45, 2.75) is 32.5 Å². The molecule has 2 N–H and O–H groups in total. The fourth-order valence-electron chi connectivity index (χ4n) is 3.13. The summed E-state index contributed by atoms with van der Waals surface area (Å²) in [6, 6.07) is 0.919. The first kappa shape index (κ1) is 14.5. The molecule has 0 bridgehead atoms. The molecule has 5 heteroatoms. The fourth-order valence-corrected chi connectivity index (χ4v) is 3.13. The zero-order valence-corrected chi connectivity index (χ0v) is 12.6. The Morgan fingerprint density at radius 2 is 2.21 bits per heavy atom. The van der Waals surface area contributed by atoms with Gasteiger partial charge in [-0.25, -0.2) is 0 Å². The molecule has 1 aromatic rings. The van der Waals surface area contributed by atoms with Crippen LogP contribution in [0.5, 0.6) is 0 Å². The molecule has 0 spiro atoms. The maximum atomic E-state index is 6.01. The first-order valence-corrected chi connectivity index (χ1v) is 7.19. The predicted octanol–water partition coefficient (Wildman–Crippen LogP) is 0.785. The Balaban J connectivity index is 2.10. The number of hydrogen-bond acceptors (Lipinski definition) is 4. The molecule has 0 radical (unpaired) electrons. The summed E-state index contributed by atoms with van der Waals surface area (Å²) in [5.41, 5.74) is 7.26. The van der Waals surface area contributed by atoms with Crippen molar-refractivity contribution in [2.24, 2.45) is 11.7 Å². The summed E-state index contributed by atoms with van der Waals surface area (Å²) in [6.45, 7) is 8.20. The highest BCUT2D eigenvalue weighted by atomic mass is 15.3. The summed E-state index contributed by atoms with van der Waals surface area (Å²) in [7, 11) is 4.33. The minimum absolute atomic E-state index is 0.299. The molecule has 2 rings (SSSR count). The highest BCUT2D eigenvalue weighted by Crippen LogP contribution is 2.28. The van der Waals surface area contributed by atoms with Gasteiger partial charge in [0.2, 0.25) is 0 Å². The minimum Gasteiger partial charge on any atom is -0.329 e. The third-order valence-electron chi connectivity index (χ3n) is 4.29. The van der Waals surface area contributed by atoms with Crippen LogP contribution in [-0.4, -0.2) is 59.4 Å². The molecule has 1 fully saturated rings. The van der Waals surface area contributed by atoms with Gasteiger partial charge in [-0.2, -0.15) is 5.10 Å². The van der Waals surface area contributed by atoms with Crippen molar-refractivity contribution in [3.63, 3.8) is 0 Å². The molecule has 3 unspecified atom stereocenters. The number of likely N-dealkylation sites (tertiary alicyclic amines) is 1. The summed E-state index contributed by atoms with van der Waals surface area (Å²) < 4.78 is 1.97. The van der Waals surface area contributed by atoms with E-state index in [0.717, 1.165) is 19.6 Å². The van der Waals surface area contributed by atoms with E-state index >= 15 is 0 Å². The summed E-state index contributed by atoms with van der Waals surface area (Å²) in [6.07, 6.45) is 4.10. The van der Waals surface area contributed by atoms with E-state index in [1.807, 2.05) is 10.9 Å². The van der Waals surface area contributed by atoms with E-state index in [1.165, 1.54) is 5.56 Å². The molecular weight excluding hydrogens is 238 g/mol. The number of nitrogens with two attached hydrogens (primary N) is 1. The second-order valence-electron chi connectivity index (χ2n) is 5.84. The highest BCUT2D eigenvalue weighted by Gasteiger charge is 2.35. The molecule has 1 saturated heterocycles. The second kappa shape index (κ2) is 6.03. The van der Waals surface area contributed by atoms with E-state index in [4.69, 9.17) is 5.73 Å². The van der Waals surface area contributed by atoms with Crippen molar-refractivity contribution in [1.29, 1.82) is 0 Å². The Labute approximate surface area is 116 Å². The largest absolute Gasteiger partial charge is 0.329 e. The van der Waals surface area contributed by atoms with Crippen molar-refractivity contribution in [2.75, 3.05) is 33.7 Å². The smallest absolute Gasteiger partial charge is 0.0538 e. The van der Waals surface area contributed by atoms with Gasteiger partial charge in [0.05, 0.1) is 12.2 Å². The van der Waals surface area contributed by atoms with Crippen molar-refractivity contribution in [3.8, 4) is 0 Å². The lowest BCUT2D eigenvalue weighted by Crippen LogP contribution is -2.36. The van der Waals surface area contributed by atoms with Gasteiger partial charge in [-0.3, -0.25) is 9.58 Å². The van der Waals surface area contributed by atoms with Gasteiger partial charge >= 0.3 is 0 Å². The van der Waals surface area contributed by atoms with Crippen LogP contribution >= 0.6 is 0 Å². The van der Waals surface area contributed by atoms with Gasteiger partial charge in [0.1, 0.15) is 0 Å². The number of nitrogens with zero attached hydrogens (tertiary/aromatic N) is 4. The van der Waals surface area contributed by atoms with Gasteiger partial charge in [0.25, 0.3) is 0 Å². The monoisotopic (exact) mass is 265 g/mol. The van der Waals surface area contributed by atoms with E-state index in [0.29, 0.717) is 24.5 Å². The molecule has 19 heavy (non-hydrogen) atoms. The van der Waals surface area contributed by atoms with E-state index in [-0.39, 0.29) is 0 Å². The molecule has 0 aliphatic carbocycles. The van der Waals surface area contributed by atoms with Gasteiger partial charge in [-0.1, -0.05) is 6.92 Å². The standard InChI is InChI=1S/C14H27N5/c1-5-19-9-12(7-16-19)13(6-15)18-8-11(2)14(10-18)17(3)4/h7,9,11,13-14H,5-6,8,10,15H2,1-4H3. The van der Waals surface area contributed by atoms with Crippen LogP contribution in [0, 0.1) is 5.92 Å². The maximum absolute atomic E-state index is 6.01. The Bertz CT molecular complexity index is 400. The van der Waals surface area contributed by atoms with Gasteiger partial charge in [0, 0.05) is 44.0 Å². The van der Waals surface area contributed by atoms with Gasteiger partial charge in [0.15, 0.2) is 0 Å². The average Bonchev–Trinajstić information content (AvgIpc) is 2.97. The molecule has 1 aromatic heterocycles. The van der Waals surface area contributed by atoms with E-state index < -0.39 is 0 Å². The molecule has 5 nitrogen and oxygen atoms in total. The first-order valence-electron chi connectivity index (χ1n) is 7.19. The lowest BCUT2D eigenvalue weighted by molar-refractivity contribution is 0.219. The highest BCUT2D eigenvalue weighted by molar-refractivity contribution is 5.12. The van der Waals surface area contributed by atoms with Crippen molar-refractivity contribution >= 4 is 0 Å². The zero-order chi connectivity index (χ0) is 14.0. The molecule has 108 valence electrons. The fraction of sp³-hybridized carbons (Fsp3) is 0.786. The predicted molar refractivity (Wildman–Crippen MR) is 77.9 cm³/mol. The summed E-state index contributed by atoms with van der Waals surface area (Å²) in [5.74, 6) is 0.685. The topological polar surface area (TPSA) is 50.3 Å². The Hall–Kier alpha value is -0.910. The zero-order valence-electron chi connectivity index (χ0n) is 12.6. The Morgan fingerprint density at radius 1 is 1.47 bits per heavy atom. The summed E-state index contributed by atoms with van der Waals surface area (Å²) in [5, 5.41) is 4.37. The van der Waals surface area contributed by atoms with Crippen LogP contribution in [0.1, 0.15) is 25.5 Å². The van der Waals surface area contributed by atoms with Crippen molar-refractivity contribution in [3.05, 3.63) is 18.0 Å². The lowest BCUT2D eigenvalue weighted by Gasteiger charge is -2.27. The number of rotatable bonds is 5. The van der Waals surface area contributed by atoms with E-state index in [1.54, 1.807) is 0 Å². The van der Waals surface area contributed by atoms with Crippen LogP contribution in [-0.2, 0) is 6.54 Å². The van der Waals surface area contributed by atoms with E-state index in [9.17, 15) is 0 Å². The molecule has 0 saturated carbocycles. The SMILES string of the molecule is CCn1cc(C(CN)N2CC(C)C(N(C)C)C2)cn1. The molecule has 3 atom stereocenters. The molecule has 0 aromatic carbocycles. The van der Waals surface area contributed by atoms with Crippen LogP contribution in [0.3, 0.4) is 0 Å². The van der Waals surface area contributed by atoms with Gasteiger partial charge < -0.3 is 10.6 Å². The van der Waals surface area contributed by atoms with Crippen LogP contribution < -0.4 is 5.73 Å². The normalized spacial score (nSPS) is 26.2. The third kappa shape index (κ3) is 2.99. The molecular formula is C14H27N5. The van der Waals surface area contributed by atoms with Crippen molar-refractivity contribution < 1.29 is 0 Å². The second-order valence-corrected chi connectivity index (χ2v) is 5.84. The summed E-state index contributed by atoms with van der Waals surface area (Å²) >= 11 is 0. The number of aryl methyl sites for hydroxylation is 1. The molecule has 1 aliphatic rings. The van der Waals surface area contributed by atoms with Gasteiger partial charge in [-0.05, 0) is 26.9 Å².